The average Bonchev–Trinajstić information content (AvgIpc) is 2.12. The summed E-state index contributed by atoms with van der Waals surface area (Å²) in [6.07, 6.45) is 0.521. The molecule has 1 atom stereocenters. The fourth-order valence-corrected chi connectivity index (χ4v) is 0.782. The largest absolute Gasteiger partial charge is 0.469 e. The summed E-state index contributed by atoms with van der Waals surface area (Å²) in [6, 6.07) is 0. The number of hydrogen-bond donors (Lipinski definition) is 0. The van der Waals surface area contributed by atoms with Crippen LogP contribution in [0, 0.1) is 12.3 Å². The molecule has 0 saturated carbocycles. The van der Waals surface area contributed by atoms with Crippen LogP contribution in [0.4, 0.5) is 0 Å². The van der Waals surface area contributed by atoms with Gasteiger partial charge in [-0.05, 0) is 13.3 Å². The minimum Gasteiger partial charge on any atom is -0.469 e. The van der Waals surface area contributed by atoms with Crippen LogP contribution in [-0.2, 0) is 19.1 Å². The van der Waals surface area contributed by atoms with Gasteiger partial charge >= 0.3 is 11.9 Å². The third-order valence-electron chi connectivity index (χ3n) is 1.99. The van der Waals surface area contributed by atoms with Crippen LogP contribution in [0.2, 0.25) is 0 Å². The van der Waals surface area contributed by atoms with E-state index in [9.17, 15) is 9.59 Å². The van der Waals surface area contributed by atoms with Crippen LogP contribution in [0.1, 0.15) is 20.3 Å². The Labute approximate surface area is 78.2 Å². The highest BCUT2D eigenvalue weighted by molar-refractivity contribution is 5.78. The Morgan fingerprint density at radius 2 is 2.00 bits per heavy atom. The van der Waals surface area contributed by atoms with Gasteiger partial charge in [0.2, 0.25) is 0 Å². The van der Waals surface area contributed by atoms with Gasteiger partial charge in [-0.15, -0.1) is 0 Å². The first-order valence-corrected chi connectivity index (χ1v) is 3.97. The molecule has 0 heterocycles. The topological polar surface area (TPSA) is 52.6 Å². The fourth-order valence-electron chi connectivity index (χ4n) is 0.782. The predicted octanol–water partition coefficient (Wildman–Crippen LogP) is 0.830. The Kier molecular flexibility index (Phi) is 4.45. The van der Waals surface area contributed by atoms with Gasteiger partial charge in [-0.25, -0.2) is 0 Å². The molecule has 0 rings (SSSR count). The molecule has 13 heavy (non-hydrogen) atoms. The third-order valence-corrected chi connectivity index (χ3v) is 1.99. The molecule has 0 aromatic rings. The number of esters is 2. The number of rotatable bonds is 4. The molecule has 0 amide bonds. The van der Waals surface area contributed by atoms with Crippen LogP contribution in [0.5, 0.6) is 0 Å². The lowest BCUT2D eigenvalue weighted by molar-refractivity contribution is -0.159. The molecule has 0 N–H and O–H groups in total. The molecule has 4 heteroatoms. The second kappa shape index (κ2) is 4.84. The van der Waals surface area contributed by atoms with E-state index in [0.29, 0.717) is 6.42 Å². The van der Waals surface area contributed by atoms with Crippen molar-refractivity contribution in [3.05, 3.63) is 6.92 Å². The first-order chi connectivity index (χ1) is 5.96. The van der Waals surface area contributed by atoms with E-state index in [1.54, 1.807) is 13.8 Å². The van der Waals surface area contributed by atoms with Crippen molar-refractivity contribution in [3.8, 4) is 0 Å². The summed E-state index contributed by atoms with van der Waals surface area (Å²) in [5.41, 5.74) is -0.802. The highest BCUT2D eigenvalue weighted by atomic mass is 16.5. The van der Waals surface area contributed by atoms with E-state index in [-0.39, 0.29) is 6.61 Å². The van der Waals surface area contributed by atoms with Crippen molar-refractivity contribution in [1.82, 2.24) is 0 Å². The Bertz CT molecular complexity index is 200. The van der Waals surface area contributed by atoms with Crippen LogP contribution in [0.3, 0.4) is 0 Å². The number of hydrogen-bond acceptors (Lipinski definition) is 4. The number of carbonyl (C=O) groups excluding carboxylic acids is 2. The molecule has 74 valence electrons. The van der Waals surface area contributed by atoms with E-state index in [1.165, 1.54) is 7.11 Å². The maximum Gasteiger partial charge on any atom is 0.314 e. The summed E-state index contributed by atoms with van der Waals surface area (Å²) < 4.78 is 9.13. The smallest absolute Gasteiger partial charge is 0.314 e. The normalized spacial score (nSPS) is 14.5. The first kappa shape index (κ1) is 11.9. The molecule has 4 nitrogen and oxygen atoms in total. The lowest BCUT2D eigenvalue weighted by Crippen LogP contribution is -2.34. The average molecular weight is 186 g/mol. The highest BCUT2D eigenvalue weighted by Crippen LogP contribution is 2.23. The van der Waals surface area contributed by atoms with Gasteiger partial charge in [-0.3, -0.25) is 9.59 Å². The molecule has 0 aliphatic heterocycles. The minimum atomic E-state index is -0.886. The number of carbonyl (C=O) groups is 2. The second-order valence-electron chi connectivity index (χ2n) is 3.01. The van der Waals surface area contributed by atoms with Crippen molar-refractivity contribution in [2.24, 2.45) is 5.41 Å². The van der Waals surface area contributed by atoms with E-state index < -0.39 is 17.4 Å². The van der Waals surface area contributed by atoms with Gasteiger partial charge in [0.1, 0.15) is 6.61 Å². The zero-order chi connectivity index (χ0) is 10.5. The van der Waals surface area contributed by atoms with Crippen LogP contribution < -0.4 is 0 Å². The quantitative estimate of drug-likeness (QED) is 0.610. The van der Waals surface area contributed by atoms with Crippen LogP contribution in [0.15, 0.2) is 0 Å². The molecule has 0 saturated heterocycles. The molecule has 0 bridgehead atoms. The second-order valence-corrected chi connectivity index (χ2v) is 3.01. The zero-order valence-corrected chi connectivity index (χ0v) is 8.12. The highest BCUT2D eigenvalue weighted by Gasteiger charge is 2.33. The van der Waals surface area contributed by atoms with Gasteiger partial charge in [-0.2, -0.15) is 0 Å². The fraction of sp³-hybridized carbons (Fsp3) is 0.667. The lowest BCUT2D eigenvalue weighted by atomic mass is 9.89. The molecule has 0 aromatic carbocycles. The van der Waals surface area contributed by atoms with Gasteiger partial charge in [0.15, 0.2) is 0 Å². The number of methoxy groups -OCH3 is 1. The van der Waals surface area contributed by atoms with Crippen molar-refractivity contribution in [3.63, 3.8) is 0 Å². The van der Waals surface area contributed by atoms with E-state index >= 15 is 0 Å². The van der Waals surface area contributed by atoms with Crippen LogP contribution in [-0.4, -0.2) is 25.7 Å². The minimum absolute atomic E-state index is 0.0501. The Morgan fingerprint density at radius 3 is 2.31 bits per heavy atom. The first-order valence-electron chi connectivity index (χ1n) is 3.97. The third kappa shape index (κ3) is 3.44. The summed E-state index contributed by atoms with van der Waals surface area (Å²) in [7, 11) is 1.29. The molecular weight excluding hydrogens is 172 g/mol. The molecule has 0 aliphatic rings. The van der Waals surface area contributed by atoms with Crippen molar-refractivity contribution >= 4 is 11.9 Å². The van der Waals surface area contributed by atoms with Gasteiger partial charge in [0.05, 0.1) is 19.4 Å². The molecule has 2 radical (unpaired) electrons. The van der Waals surface area contributed by atoms with Gasteiger partial charge in [0, 0.05) is 0 Å². The van der Waals surface area contributed by atoms with Gasteiger partial charge in [0.25, 0.3) is 0 Å². The van der Waals surface area contributed by atoms with Crippen molar-refractivity contribution in [2.75, 3.05) is 13.7 Å². The van der Waals surface area contributed by atoms with E-state index in [2.05, 4.69) is 9.47 Å². The maximum atomic E-state index is 11.2. The molecule has 0 fully saturated rings. The molecular formula is C9H14O4. The number of ether oxygens (including phenoxy) is 2. The maximum absolute atomic E-state index is 11.2. The standard InChI is InChI=1S/C9H14O4/c1-5-9(3,8(11)12-4)6-13-7(2)10/h2H,5-6H2,1,3-4H3. The van der Waals surface area contributed by atoms with Crippen molar-refractivity contribution < 1.29 is 19.1 Å². The Morgan fingerprint density at radius 1 is 1.46 bits per heavy atom. The summed E-state index contributed by atoms with van der Waals surface area (Å²) in [4.78, 5) is 21.5. The van der Waals surface area contributed by atoms with Gasteiger partial charge in [-0.1, -0.05) is 6.92 Å². The van der Waals surface area contributed by atoms with Gasteiger partial charge < -0.3 is 9.47 Å². The zero-order valence-electron chi connectivity index (χ0n) is 8.12. The Balaban J connectivity index is 4.27. The SMILES string of the molecule is [CH]C(=O)OCC(C)(CC)C(=O)OC. The van der Waals surface area contributed by atoms with E-state index in [1.807, 2.05) is 0 Å². The summed E-state index contributed by atoms with van der Waals surface area (Å²) in [5.74, 6) is -1.29. The van der Waals surface area contributed by atoms with Crippen molar-refractivity contribution in [2.45, 2.75) is 20.3 Å². The lowest BCUT2D eigenvalue weighted by Gasteiger charge is -2.23. The van der Waals surface area contributed by atoms with Crippen LogP contribution >= 0.6 is 0 Å². The van der Waals surface area contributed by atoms with E-state index in [0.717, 1.165) is 0 Å². The summed E-state index contributed by atoms with van der Waals surface area (Å²) in [6.45, 7) is 8.19. The monoisotopic (exact) mass is 186 g/mol. The molecule has 1 unspecified atom stereocenters. The summed E-state index contributed by atoms with van der Waals surface area (Å²) in [5, 5.41) is 0. The van der Waals surface area contributed by atoms with Crippen LogP contribution in [0.25, 0.3) is 0 Å². The molecule has 0 aromatic heterocycles. The summed E-state index contributed by atoms with van der Waals surface area (Å²) >= 11 is 0. The molecule has 0 aliphatic carbocycles. The van der Waals surface area contributed by atoms with E-state index in [4.69, 9.17) is 6.92 Å². The van der Waals surface area contributed by atoms with Crippen molar-refractivity contribution in [1.29, 1.82) is 0 Å². The predicted molar refractivity (Wildman–Crippen MR) is 45.7 cm³/mol. The molecule has 0 spiro atoms. The Hall–Kier alpha value is -1.06.